The molecule has 13 nitrogen and oxygen atoms in total. The second-order valence-electron chi connectivity index (χ2n) is 7.06. The van der Waals surface area contributed by atoms with Crippen molar-refractivity contribution in [2.45, 2.75) is 36.6 Å². The molecular formula is C18H19ClN8O5S3. The average molecular weight is 559 g/mol. The number of aromatic nitrogens is 3. The Bertz CT molecular complexity index is 1230. The predicted molar refractivity (Wildman–Crippen MR) is 131 cm³/mol. The van der Waals surface area contributed by atoms with Crippen molar-refractivity contribution < 1.29 is 24.1 Å². The maximum atomic E-state index is 13.1. The van der Waals surface area contributed by atoms with E-state index < -0.39 is 11.9 Å². The van der Waals surface area contributed by atoms with E-state index in [1.165, 1.54) is 35.1 Å². The number of halogens is 1. The summed E-state index contributed by atoms with van der Waals surface area (Å²) in [7, 11) is 1.23. The highest BCUT2D eigenvalue weighted by atomic mass is 35.5. The van der Waals surface area contributed by atoms with E-state index in [4.69, 9.17) is 27.0 Å². The second kappa shape index (κ2) is 10.8. The highest BCUT2D eigenvalue weighted by Crippen LogP contribution is 2.44. The molecule has 2 aromatic rings. The molecule has 17 heteroatoms. The second-order valence-corrected chi connectivity index (χ2v) is 11.0. The predicted octanol–water partition coefficient (Wildman–Crippen LogP) is 1.99. The number of allylic oxidation sites excluding steroid dienone is 1. The maximum Gasteiger partial charge on any atom is 0.380 e. The van der Waals surface area contributed by atoms with E-state index in [-0.39, 0.29) is 38.5 Å². The first-order chi connectivity index (χ1) is 16.8. The van der Waals surface area contributed by atoms with Crippen LogP contribution >= 0.6 is 46.0 Å². The Morgan fingerprint density at radius 2 is 2.17 bits per heavy atom. The molecule has 2 aliphatic heterocycles. The van der Waals surface area contributed by atoms with Crippen LogP contribution in [0.25, 0.3) is 0 Å². The molecule has 2 amide bonds. The van der Waals surface area contributed by atoms with E-state index in [1.54, 1.807) is 0 Å². The first kappa shape index (κ1) is 25.2. The van der Waals surface area contributed by atoms with Crippen LogP contribution in [0, 0.1) is 0 Å². The summed E-state index contributed by atoms with van der Waals surface area (Å²) < 4.78 is 0.707. The average Bonchev–Trinajstić information content (AvgIpc) is 3.40. The van der Waals surface area contributed by atoms with Crippen LogP contribution in [0.4, 0.5) is 10.3 Å². The summed E-state index contributed by atoms with van der Waals surface area (Å²) in [6.45, 7) is 2.63. The minimum absolute atomic E-state index is 0.0246. The number of nitrogens with zero attached hydrogens (tertiary/aromatic N) is 5. The zero-order chi connectivity index (χ0) is 25.1. The van der Waals surface area contributed by atoms with Crippen LogP contribution in [-0.2, 0) is 24.1 Å². The van der Waals surface area contributed by atoms with Crippen molar-refractivity contribution in [1.29, 1.82) is 0 Å². The Balaban J connectivity index is 1.53. The van der Waals surface area contributed by atoms with Gasteiger partial charge < -0.3 is 25.6 Å². The standard InChI is InChI=1S/C18H19ClN8O5S3/c1-3-21-17-23-24-18(35-17)33-8-5-4-7-6-9(28)27(7)12(8)15(30)32-26-14(29)11(25-31-2)10-13(19)34-16(20)22-10/h7H,3-6H2,1-2H3,(H2,20,22)(H,21,23)(H,26,29). The first-order valence-electron chi connectivity index (χ1n) is 10.2. The molecule has 0 saturated carbocycles. The number of oxime groups is 1. The Labute approximate surface area is 216 Å². The third-order valence-corrected chi connectivity index (χ3v) is 8.01. The maximum absolute atomic E-state index is 13.1. The van der Waals surface area contributed by atoms with E-state index in [0.717, 1.165) is 11.3 Å². The Kier molecular flexibility index (Phi) is 7.73. The summed E-state index contributed by atoms with van der Waals surface area (Å²) in [5.74, 6) is -2.05. The fourth-order valence-corrected chi connectivity index (χ4v) is 6.37. The highest BCUT2D eigenvalue weighted by Gasteiger charge is 2.46. The van der Waals surface area contributed by atoms with Crippen LogP contribution in [0.5, 0.6) is 0 Å². The molecule has 1 unspecified atom stereocenters. The number of amides is 2. The largest absolute Gasteiger partial charge is 0.398 e. The quantitative estimate of drug-likeness (QED) is 0.245. The van der Waals surface area contributed by atoms with Gasteiger partial charge in [-0.15, -0.1) is 10.2 Å². The molecule has 4 N–H and O–H groups in total. The molecule has 4 heterocycles. The molecule has 2 aromatic heterocycles. The van der Waals surface area contributed by atoms with Gasteiger partial charge >= 0.3 is 11.9 Å². The summed E-state index contributed by atoms with van der Waals surface area (Å²) in [6.07, 6.45) is 1.58. The number of hydrogen-bond donors (Lipinski definition) is 3. The van der Waals surface area contributed by atoms with E-state index in [1.807, 2.05) is 12.4 Å². The van der Waals surface area contributed by atoms with Crippen molar-refractivity contribution >= 4 is 79.8 Å². The van der Waals surface area contributed by atoms with Crippen LogP contribution in [0.2, 0.25) is 4.34 Å². The molecule has 4 rings (SSSR count). The van der Waals surface area contributed by atoms with Gasteiger partial charge in [0.15, 0.2) is 15.2 Å². The molecule has 0 spiro atoms. The molecule has 0 aromatic carbocycles. The number of carbonyl (C=O) groups is 3. The number of fused-ring (bicyclic) bond motifs is 1. The smallest absolute Gasteiger partial charge is 0.380 e. The van der Waals surface area contributed by atoms with Crippen LogP contribution in [0.15, 0.2) is 20.1 Å². The van der Waals surface area contributed by atoms with Crippen molar-refractivity contribution in [2.75, 3.05) is 24.7 Å². The van der Waals surface area contributed by atoms with Gasteiger partial charge in [0.25, 0.3) is 0 Å². The lowest BCUT2D eigenvalue weighted by molar-refractivity contribution is -0.159. The zero-order valence-electron chi connectivity index (χ0n) is 18.4. The van der Waals surface area contributed by atoms with Crippen LogP contribution in [0.1, 0.15) is 31.9 Å². The molecule has 1 atom stereocenters. The summed E-state index contributed by atoms with van der Waals surface area (Å²) in [5.41, 5.74) is 7.35. The summed E-state index contributed by atoms with van der Waals surface area (Å²) in [6, 6.07) is -0.0979. The first-order valence-corrected chi connectivity index (χ1v) is 13.0. The zero-order valence-corrected chi connectivity index (χ0v) is 21.6. The topological polar surface area (TPSA) is 174 Å². The van der Waals surface area contributed by atoms with Crippen LogP contribution in [-0.4, -0.2) is 63.3 Å². The van der Waals surface area contributed by atoms with Gasteiger partial charge in [0, 0.05) is 23.9 Å². The van der Waals surface area contributed by atoms with Crippen molar-refractivity contribution in [3.05, 3.63) is 20.6 Å². The van der Waals surface area contributed by atoms with Crippen molar-refractivity contribution in [3.63, 3.8) is 0 Å². The van der Waals surface area contributed by atoms with Gasteiger partial charge in [0.1, 0.15) is 22.8 Å². The number of hydrogen-bond acceptors (Lipinski definition) is 14. The van der Waals surface area contributed by atoms with Gasteiger partial charge in [-0.3, -0.25) is 9.59 Å². The number of hydroxylamine groups is 1. The van der Waals surface area contributed by atoms with Gasteiger partial charge in [0.2, 0.25) is 11.0 Å². The fraction of sp³-hybridized carbons (Fsp3) is 0.389. The summed E-state index contributed by atoms with van der Waals surface area (Å²) >= 11 is 9.56. The molecule has 1 saturated heterocycles. The van der Waals surface area contributed by atoms with E-state index in [9.17, 15) is 14.4 Å². The highest BCUT2D eigenvalue weighted by molar-refractivity contribution is 8.04. The molecule has 0 aliphatic carbocycles. The molecule has 186 valence electrons. The molecule has 1 fully saturated rings. The normalized spacial score (nSPS) is 17.6. The number of rotatable bonds is 8. The fourth-order valence-electron chi connectivity index (χ4n) is 3.40. The van der Waals surface area contributed by atoms with Gasteiger partial charge in [-0.25, -0.2) is 9.78 Å². The molecule has 0 radical (unpaired) electrons. The van der Waals surface area contributed by atoms with Crippen molar-refractivity contribution in [1.82, 2.24) is 25.6 Å². The third kappa shape index (κ3) is 5.34. The number of anilines is 2. The van der Waals surface area contributed by atoms with Gasteiger partial charge in [-0.2, -0.15) is 5.48 Å². The minimum Gasteiger partial charge on any atom is -0.398 e. The molecular weight excluding hydrogens is 540 g/mol. The number of β-lactam (4-membered cyclic amide) rings is 1. The number of thiazole rings is 1. The van der Waals surface area contributed by atoms with Gasteiger partial charge in [-0.05, 0) is 19.8 Å². The SMILES string of the molecule is CCNc1nnc(SC2=C(C(=O)ONC(=O)C(=NOC)c3nc(N)sc3Cl)N3C(=O)CC3CC2)s1. The number of thioether (sulfide) groups is 1. The monoisotopic (exact) mass is 558 g/mol. The lowest BCUT2D eigenvalue weighted by atomic mass is 9.91. The van der Waals surface area contributed by atoms with Gasteiger partial charge in [-0.1, -0.05) is 51.2 Å². The van der Waals surface area contributed by atoms with Crippen molar-refractivity contribution in [2.24, 2.45) is 5.16 Å². The summed E-state index contributed by atoms with van der Waals surface area (Å²) in [4.78, 5) is 53.7. The Hall–Kier alpha value is -2.95. The lowest BCUT2D eigenvalue weighted by Gasteiger charge is -2.44. The minimum atomic E-state index is -0.941. The van der Waals surface area contributed by atoms with E-state index in [0.29, 0.717) is 40.2 Å². The lowest BCUT2D eigenvalue weighted by Crippen LogP contribution is -2.55. The summed E-state index contributed by atoms with van der Waals surface area (Å²) in [5, 5.41) is 15.6. The molecule has 2 aliphatic rings. The Morgan fingerprint density at radius 1 is 1.37 bits per heavy atom. The number of carbonyl (C=O) groups excluding carboxylic acids is 3. The number of nitrogens with two attached hydrogens (primary N) is 1. The van der Waals surface area contributed by atoms with Crippen molar-refractivity contribution in [3.8, 4) is 0 Å². The third-order valence-electron chi connectivity index (χ3n) is 4.85. The number of nitrogens with one attached hydrogen (secondary N) is 2. The van der Waals surface area contributed by atoms with E-state index >= 15 is 0 Å². The van der Waals surface area contributed by atoms with Gasteiger partial charge in [0.05, 0.1) is 0 Å². The van der Waals surface area contributed by atoms with Crippen LogP contribution < -0.4 is 16.5 Å². The molecule has 0 bridgehead atoms. The Morgan fingerprint density at radius 3 is 2.83 bits per heavy atom. The van der Waals surface area contributed by atoms with E-state index in [2.05, 4.69) is 25.7 Å². The molecule has 35 heavy (non-hydrogen) atoms. The van der Waals surface area contributed by atoms with Crippen LogP contribution in [0.3, 0.4) is 0 Å². The number of nitrogen functional groups attached to an aromatic ring is 1.